The second kappa shape index (κ2) is 11.7. The first-order chi connectivity index (χ1) is 10.3. The molecular weight excluding hydrogens is 290 g/mol. The lowest BCUT2D eigenvalue weighted by Gasteiger charge is -2.18. The normalized spacial score (nSPS) is 17.8. The van der Waals surface area contributed by atoms with Gasteiger partial charge in [0.25, 0.3) is 6.02 Å². The molecule has 0 saturated carbocycles. The Labute approximate surface area is 133 Å². The van der Waals surface area contributed by atoms with Crippen molar-refractivity contribution in [3.05, 3.63) is 0 Å². The molecular formula is C15H28ClN3O2. The first kappa shape index (κ1) is 18.1. The number of amidine groups is 2. The van der Waals surface area contributed by atoms with Gasteiger partial charge in [0.1, 0.15) is 0 Å². The number of nitrogens with zero attached hydrogens (tertiary/aromatic N) is 2. The molecule has 1 aliphatic heterocycles. The van der Waals surface area contributed by atoms with Crippen molar-refractivity contribution >= 4 is 23.6 Å². The Kier molecular flexibility index (Phi) is 10.0. The van der Waals surface area contributed by atoms with Crippen molar-refractivity contribution in [3.63, 3.8) is 0 Å². The second-order valence-corrected chi connectivity index (χ2v) is 5.54. The molecule has 1 unspecified atom stereocenters. The van der Waals surface area contributed by atoms with Crippen LogP contribution in [0, 0.1) is 0 Å². The number of hydrogen-bond donors (Lipinski definition) is 1. The minimum atomic E-state index is -0.571. The van der Waals surface area contributed by atoms with Crippen LogP contribution in [-0.2, 0) is 9.47 Å². The van der Waals surface area contributed by atoms with E-state index in [9.17, 15) is 0 Å². The Morgan fingerprint density at radius 1 is 0.952 bits per heavy atom. The van der Waals surface area contributed by atoms with Crippen molar-refractivity contribution in [2.75, 3.05) is 13.2 Å². The summed E-state index contributed by atoms with van der Waals surface area (Å²) < 4.78 is 11.1. The van der Waals surface area contributed by atoms with Crippen molar-refractivity contribution in [2.24, 2.45) is 9.98 Å². The van der Waals surface area contributed by atoms with Gasteiger partial charge in [-0.05, 0) is 12.8 Å². The summed E-state index contributed by atoms with van der Waals surface area (Å²) in [6.45, 7) is 5.63. The summed E-state index contributed by atoms with van der Waals surface area (Å²) in [4.78, 5) is 8.28. The van der Waals surface area contributed by atoms with Gasteiger partial charge in [-0.15, -0.1) is 4.99 Å². The van der Waals surface area contributed by atoms with Crippen LogP contribution in [0.4, 0.5) is 0 Å². The fourth-order valence-electron chi connectivity index (χ4n) is 1.91. The predicted molar refractivity (Wildman–Crippen MR) is 87.8 cm³/mol. The van der Waals surface area contributed by atoms with Crippen LogP contribution in [0.5, 0.6) is 0 Å². The highest BCUT2D eigenvalue weighted by molar-refractivity contribution is 6.22. The van der Waals surface area contributed by atoms with Crippen LogP contribution in [0.3, 0.4) is 0 Å². The van der Waals surface area contributed by atoms with E-state index in [1.165, 1.54) is 32.1 Å². The van der Waals surface area contributed by atoms with E-state index in [-0.39, 0.29) is 0 Å². The fourth-order valence-corrected chi connectivity index (χ4v) is 2.09. The first-order valence-electron chi connectivity index (χ1n) is 8.09. The summed E-state index contributed by atoms with van der Waals surface area (Å²) in [6.07, 6.45) is 9.25. The molecule has 6 heteroatoms. The number of alkyl halides is 1. The molecule has 122 valence electrons. The molecule has 0 amide bonds. The largest absolute Gasteiger partial charge is 0.465 e. The molecule has 0 aromatic heterocycles. The van der Waals surface area contributed by atoms with Crippen LogP contribution in [0.1, 0.15) is 65.2 Å². The molecule has 1 rings (SSSR count). The lowest BCUT2D eigenvalue weighted by atomic mass is 10.2. The van der Waals surface area contributed by atoms with E-state index in [0.717, 1.165) is 19.3 Å². The number of ether oxygens (including phenoxy) is 2. The van der Waals surface area contributed by atoms with Crippen molar-refractivity contribution in [1.29, 1.82) is 0 Å². The van der Waals surface area contributed by atoms with Gasteiger partial charge in [-0.3, -0.25) is 0 Å². The number of unbranched alkanes of at least 4 members (excludes halogenated alkanes) is 6. The van der Waals surface area contributed by atoms with E-state index in [2.05, 4.69) is 29.1 Å². The van der Waals surface area contributed by atoms with Crippen molar-refractivity contribution < 1.29 is 9.47 Å². The van der Waals surface area contributed by atoms with Gasteiger partial charge in [0.15, 0.2) is 0 Å². The quantitative estimate of drug-likeness (QED) is 0.376. The van der Waals surface area contributed by atoms with Crippen LogP contribution in [-0.4, -0.2) is 30.9 Å². The monoisotopic (exact) mass is 317 g/mol. The summed E-state index contributed by atoms with van der Waals surface area (Å²) >= 11 is 5.99. The van der Waals surface area contributed by atoms with Gasteiger partial charge in [0.05, 0.1) is 13.2 Å². The SMILES string of the molecule is CCCCCCOC1=NC(Cl)NC(OCCCCCC)=N1. The zero-order chi connectivity index (χ0) is 15.3. The number of hydrogen-bond acceptors (Lipinski definition) is 5. The highest BCUT2D eigenvalue weighted by Crippen LogP contribution is 2.06. The average Bonchev–Trinajstić information content (AvgIpc) is 2.46. The summed E-state index contributed by atoms with van der Waals surface area (Å²) in [5.74, 6) is 0. The van der Waals surface area contributed by atoms with Gasteiger partial charge < -0.3 is 14.8 Å². The Balaban J connectivity index is 2.24. The Hall–Kier alpha value is -0.970. The van der Waals surface area contributed by atoms with Crippen molar-refractivity contribution in [1.82, 2.24) is 5.32 Å². The average molecular weight is 318 g/mol. The molecule has 5 nitrogen and oxygen atoms in total. The molecule has 0 fully saturated rings. The third-order valence-electron chi connectivity index (χ3n) is 3.13. The van der Waals surface area contributed by atoms with Gasteiger partial charge in [-0.25, -0.2) is 0 Å². The molecule has 0 bridgehead atoms. The maximum atomic E-state index is 5.99. The topological polar surface area (TPSA) is 55.2 Å². The number of halogens is 1. The molecule has 1 N–H and O–H groups in total. The summed E-state index contributed by atoms with van der Waals surface area (Å²) in [5, 5.41) is 2.87. The molecule has 1 aliphatic rings. The van der Waals surface area contributed by atoms with Crippen LogP contribution in [0.15, 0.2) is 9.98 Å². The smallest absolute Gasteiger partial charge is 0.319 e. The lowest BCUT2D eigenvalue weighted by molar-refractivity contribution is 0.261. The van der Waals surface area contributed by atoms with Crippen molar-refractivity contribution in [2.45, 2.75) is 70.8 Å². The van der Waals surface area contributed by atoms with Crippen LogP contribution in [0.25, 0.3) is 0 Å². The van der Waals surface area contributed by atoms with Gasteiger partial charge in [-0.1, -0.05) is 64.0 Å². The maximum Gasteiger partial charge on any atom is 0.319 e. The van der Waals surface area contributed by atoms with Gasteiger partial charge in [0.2, 0.25) is 5.62 Å². The highest BCUT2D eigenvalue weighted by atomic mass is 35.5. The number of nitrogens with one attached hydrogen (secondary N) is 1. The van der Waals surface area contributed by atoms with Gasteiger partial charge in [0, 0.05) is 0 Å². The third-order valence-corrected chi connectivity index (χ3v) is 3.34. The van der Waals surface area contributed by atoms with E-state index in [1.54, 1.807) is 0 Å². The van der Waals surface area contributed by atoms with E-state index >= 15 is 0 Å². The molecule has 1 heterocycles. The minimum absolute atomic E-state index is 0.314. The van der Waals surface area contributed by atoms with Gasteiger partial charge >= 0.3 is 6.02 Å². The third kappa shape index (κ3) is 8.81. The molecule has 0 aromatic carbocycles. The van der Waals surface area contributed by atoms with Crippen LogP contribution < -0.4 is 5.32 Å². The highest BCUT2D eigenvalue weighted by Gasteiger charge is 2.16. The molecule has 0 spiro atoms. The second-order valence-electron chi connectivity index (χ2n) is 5.13. The van der Waals surface area contributed by atoms with Crippen LogP contribution in [0.2, 0.25) is 0 Å². The van der Waals surface area contributed by atoms with Crippen molar-refractivity contribution in [3.8, 4) is 0 Å². The molecule has 0 radical (unpaired) electrons. The summed E-state index contributed by atoms with van der Waals surface area (Å²) in [7, 11) is 0. The van der Waals surface area contributed by atoms with E-state index < -0.39 is 5.62 Å². The van der Waals surface area contributed by atoms with Crippen LogP contribution >= 0.6 is 11.6 Å². The maximum absolute atomic E-state index is 5.99. The standard InChI is InChI=1S/C15H28ClN3O2/c1-3-5-7-9-11-20-14-17-13(16)18-15(19-14)21-12-10-8-6-4-2/h13H,3-12H2,1-2H3,(H,17,18,19). The predicted octanol–water partition coefficient (Wildman–Crippen LogP) is 4.02. The molecule has 0 aromatic rings. The number of rotatable bonds is 10. The Morgan fingerprint density at radius 2 is 1.57 bits per heavy atom. The lowest BCUT2D eigenvalue weighted by Crippen LogP contribution is -2.37. The zero-order valence-electron chi connectivity index (χ0n) is 13.2. The Morgan fingerprint density at radius 3 is 2.19 bits per heavy atom. The minimum Gasteiger partial charge on any atom is -0.465 e. The Bertz CT molecular complexity index is 335. The molecule has 0 aliphatic carbocycles. The zero-order valence-corrected chi connectivity index (χ0v) is 14.0. The molecule has 1 atom stereocenters. The first-order valence-corrected chi connectivity index (χ1v) is 8.52. The summed E-state index contributed by atoms with van der Waals surface area (Å²) in [5.41, 5.74) is -0.571. The van der Waals surface area contributed by atoms with E-state index in [4.69, 9.17) is 21.1 Å². The fraction of sp³-hybridized carbons (Fsp3) is 0.867. The molecule has 21 heavy (non-hydrogen) atoms. The van der Waals surface area contributed by atoms with Gasteiger partial charge in [-0.2, -0.15) is 4.99 Å². The number of aliphatic imine (C=N–C) groups is 2. The van der Waals surface area contributed by atoms with E-state index in [1.807, 2.05) is 0 Å². The summed E-state index contributed by atoms with van der Waals surface area (Å²) in [6, 6.07) is 0.721. The van der Waals surface area contributed by atoms with E-state index in [0.29, 0.717) is 25.3 Å². The molecule has 0 saturated heterocycles.